The van der Waals surface area contributed by atoms with Crippen LogP contribution in [0.1, 0.15) is 74.6 Å². The summed E-state index contributed by atoms with van der Waals surface area (Å²) in [5, 5.41) is 7.19. The van der Waals surface area contributed by atoms with Gasteiger partial charge in [-0.25, -0.2) is 22.0 Å². The number of carbonyl (C=O) groups excluding carboxylic acids is 1. The van der Waals surface area contributed by atoms with E-state index in [4.69, 9.17) is 16.7 Å². The molecule has 0 bridgehead atoms. The van der Waals surface area contributed by atoms with E-state index >= 15 is 0 Å². The maximum atomic E-state index is 13.3. The first-order chi connectivity index (χ1) is 13.6. The molecule has 2 fully saturated rings. The third-order valence-electron chi connectivity index (χ3n) is 5.82. The first-order valence-corrected chi connectivity index (χ1v) is 13.5. The van der Waals surface area contributed by atoms with Crippen molar-refractivity contribution in [2.24, 2.45) is 5.14 Å². The Bertz CT molecular complexity index is 980. The summed E-state index contributed by atoms with van der Waals surface area (Å²) in [6, 6.07) is 2.02. The van der Waals surface area contributed by atoms with Crippen molar-refractivity contribution in [3.63, 3.8) is 0 Å². The molecule has 0 aliphatic heterocycles. The van der Waals surface area contributed by atoms with Crippen LogP contribution in [0, 0.1) is 0 Å². The van der Waals surface area contributed by atoms with Crippen LogP contribution in [-0.4, -0.2) is 34.0 Å². The van der Waals surface area contributed by atoms with Crippen LogP contribution >= 0.6 is 11.6 Å². The minimum atomic E-state index is -4.22. The average Bonchev–Trinajstić information content (AvgIpc) is 2.68. The van der Waals surface area contributed by atoms with Crippen LogP contribution in [0.4, 0.5) is 0 Å². The van der Waals surface area contributed by atoms with E-state index in [1.165, 1.54) is 0 Å². The molecule has 0 aromatic heterocycles. The van der Waals surface area contributed by atoms with Crippen LogP contribution in [0.2, 0.25) is 5.02 Å². The highest BCUT2D eigenvalue weighted by Gasteiger charge is 2.34. The Kier molecular flexibility index (Phi) is 6.92. The first-order valence-electron chi connectivity index (χ1n) is 10.0. The van der Waals surface area contributed by atoms with Gasteiger partial charge in [0, 0.05) is 6.04 Å². The number of sulfone groups is 1. The number of hydrogen-bond donors (Lipinski definition) is 2. The molecule has 0 atom stereocenters. The fourth-order valence-corrected chi connectivity index (χ4v) is 7.45. The Balaban J connectivity index is 2.06. The minimum Gasteiger partial charge on any atom is -0.349 e. The fraction of sp³-hybridized carbons (Fsp3) is 0.632. The maximum absolute atomic E-state index is 13.3. The lowest BCUT2D eigenvalue weighted by Gasteiger charge is -2.25. The Labute approximate surface area is 177 Å². The van der Waals surface area contributed by atoms with E-state index in [1.54, 1.807) is 0 Å². The zero-order valence-electron chi connectivity index (χ0n) is 16.2. The molecule has 0 spiro atoms. The van der Waals surface area contributed by atoms with E-state index in [1.807, 2.05) is 0 Å². The average molecular weight is 463 g/mol. The summed E-state index contributed by atoms with van der Waals surface area (Å²) < 4.78 is 50.4. The van der Waals surface area contributed by atoms with Crippen molar-refractivity contribution in [1.29, 1.82) is 0 Å². The Morgan fingerprint density at radius 3 is 2.00 bits per heavy atom. The summed E-state index contributed by atoms with van der Waals surface area (Å²) in [6.07, 6.45) is 8.31. The molecule has 10 heteroatoms. The van der Waals surface area contributed by atoms with Gasteiger partial charge in [-0.15, -0.1) is 0 Å². The molecule has 2 saturated carbocycles. The normalized spacial score (nSPS) is 19.8. The van der Waals surface area contributed by atoms with Gasteiger partial charge in [-0.05, 0) is 37.8 Å². The van der Waals surface area contributed by atoms with Gasteiger partial charge in [0.25, 0.3) is 5.91 Å². The molecule has 2 aliphatic carbocycles. The highest BCUT2D eigenvalue weighted by molar-refractivity contribution is 7.92. The zero-order valence-corrected chi connectivity index (χ0v) is 18.6. The van der Waals surface area contributed by atoms with Gasteiger partial charge in [-0.1, -0.05) is 50.1 Å². The van der Waals surface area contributed by atoms with E-state index in [9.17, 15) is 21.6 Å². The summed E-state index contributed by atoms with van der Waals surface area (Å²) in [7, 11) is -8.06. The number of nitrogens with two attached hydrogens (primary N) is 1. The number of sulfonamides is 1. The number of benzene rings is 1. The molecule has 7 nitrogen and oxygen atoms in total. The lowest BCUT2D eigenvalue weighted by Crippen LogP contribution is -2.37. The van der Waals surface area contributed by atoms with Crippen molar-refractivity contribution in [2.45, 2.75) is 85.3 Å². The van der Waals surface area contributed by atoms with Gasteiger partial charge in [0.15, 0.2) is 9.84 Å². The molecule has 29 heavy (non-hydrogen) atoms. The molecule has 1 aromatic rings. The Morgan fingerprint density at radius 2 is 1.45 bits per heavy atom. The molecular weight excluding hydrogens is 436 g/mol. The highest BCUT2D eigenvalue weighted by atomic mass is 35.5. The number of nitrogens with one attached hydrogen (secondary N) is 1. The van der Waals surface area contributed by atoms with Gasteiger partial charge in [-0.3, -0.25) is 4.79 Å². The lowest BCUT2D eigenvalue weighted by atomic mass is 9.95. The van der Waals surface area contributed by atoms with E-state index in [2.05, 4.69) is 5.32 Å². The minimum absolute atomic E-state index is 0.0601. The van der Waals surface area contributed by atoms with E-state index in [0.29, 0.717) is 12.8 Å². The summed E-state index contributed by atoms with van der Waals surface area (Å²) in [5.41, 5.74) is -0.199. The maximum Gasteiger partial charge on any atom is 0.252 e. The molecule has 3 rings (SSSR count). The molecular formula is C19H27ClN2O5S2. The number of halogens is 1. The van der Waals surface area contributed by atoms with Crippen LogP contribution < -0.4 is 10.5 Å². The lowest BCUT2D eigenvalue weighted by molar-refractivity contribution is 0.0924. The smallest absolute Gasteiger partial charge is 0.252 e. The number of primary sulfonamides is 1. The summed E-state index contributed by atoms with van der Waals surface area (Å²) in [5.74, 6) is -0.604. The van der Waals surface area contributed by atoms with Gasteiger partial charge in [0.05, 0.1) is 20.7 Å². The van der Waals surface area contributed by atoms with Gasteiger partial charge < -0.3 is 5.32 Å². The summed E-state index contributed by atoms with van der Waals surface area (Å²) >= 11 is 6.07. The van der Waals surface area contributed by atoms with Gasteiger partial charge in [0.2, 0.25) is 10.0 Å². The van der Waals surface area contributed by atoms with Gasteiger partial charge in [-0.2, -0.15) is 0 Å². The van der Waals surface area contributed by atoms with Crippen molar-refractivity contribution >= 4 is 37.4 Å². The largest absolute Gasteiger partial charge is 0.349 e. The van der Waals surface area contributed by atoms with Crippen molar-refractivity contribution in [2.75, 3.05) is 0 Å². The Morgan fingerprint density at radius 1 is 0.897 bits per heavy atom. The molecule has 0 heterocycles. The van der Waals surface area contributed by atoms with Crippen molar-refractivity contribution in [3.05, 3.63) is 22.7 Å². The predicted molar refractivity (Wildman–Crippen MR) is 111 cm³/mol. The second-order valence-electron chi connectivity index (χ2n) is 7.94. The number of hydrogen-bond acceptors (Lipinski definition) is 5. The fourth-order valence-electron chi connectivity index (χ4n) is 4.23. The number of carbonyl (C=O) groups is 1. The van der Waals surface area contributed by atoms with Crippen molar-refractivity contribution in [1.82, 2.24) is 5.32 Å². The van der Waals surface area contributed by atoms with E-state index in [0.717, 1.165) is 63.5 Å². The van der Waals surface area contributed by atoms with Crippen molar-refractivity contribution in [3.8, 4) is 0 Å². The molecule has 162 valence electrons. The van der Waals surface area contributed by atoms with Crippen molar-refractivity contribution < 1.29 is 21.6 Å². The Hall–Kier alpha value is -1.16. The molecule has 1 aromatic carbocycles. The first kappa shape index (κ1) is 22.5. The predicted octanol–water partition coefficient (Wildman–Crippen LogP) is 3.16. The van der Waals surface area contributed by atoms with Gasteiger partial charge >= 0.3 is 0 Å². The number of amides is 1. The molecule has 0 radical (unpaired) electrons. The zero-order chi connectivity index (χ0) is 21.2. The highest BCUT2D eigenvalue weighted by Crippen LogP contribution is 2.34. The van der Waals surface area contributed by atoms with Crippen LogP contribution in [0.15, 0.2) is 21.9 Å². The van der Waals surface area contributed by atoms with Crippen LogP contribution in [0.25, 0.3) is 0 Å². The second kappa shape index (κ2) is 8.91. The number of rotatable bonds is 5. The molecule has 2 aliphatic rings. The third kappa shape index (κ3) is 5.13. The molecule has 0 unspecified atom stereocenters. The SMILES string of the molecule is NS(=O)(=O)c1cc(C(=O)NC2CCCCC2)c(S(=O)(=O)C2CCCCC2)cc1Cl. The summed E-state index contributed by atoms with van der Waals surface area (Å²) in [6.45, 7) is 0. The topological polar surface area (TPSA) is 123 Å². The van der Waals surface area contributed by atoms with E-state index < -0.39 is 35.9 Å². The monoisotopic (exact) mass is 462 g/mol. The van der Waals surface area contributed by atoms with Crippen LogP contribution in [0.3, 0.4) is 0 Å². The quantitative estimate of drug-likeness (QED) is 0.695. The molecule has 1 amide bonds. The van der Waals surface area contributed by atoms with E-state index in [-0.39, 0.29) is 21.5 Å². The summed E-state index contributed by atoms with van der Waals surface area (Å²) in [4.78, 5) is 12.3. The third-order valence-corrected chi connectivity index (χ3v) is 9.50. The van der Waals surface area contributed by atoms with Gasteiger partial charge in [0.1, 0.15) is 4.90 Å². The standard InChI is InChI=1S/C19H27ClN2O5S2/c20-16-12-17(28(24,25)14-9-5-2-6-10-14)15(11-18(16)29(21,26)27)19(23)22-13-7-3-1-4-8-13/h11-14H,1-10H2,(H,22,23)(H2,21,26,27). The van der Waals surface area contributed by atoms with Crippen LogP contribution in [-0.2, 0) is 19.9 Å². The second-order valence-corrected chi connectivity index (χ2v) is 12.1. The molecule has 3 N–H and O–H groups in total. The molecule has 0 saturated heterocycles. The van der Waals surface area contributed by atoms with Crippen LogP contribution in [0.5, 0.6) is 0 Å².